The van der Waals surface area contributed by atoms with E-state index in [1.54, 1.807) is 13.1 Å². The molecule has 1 amide bonds. The number of benzene rings is 1. The molecule has 15 heteroatoms. The number of nitrogens with one attached hydrogen (secondary N) is 2. The molecule has 3 heterocycles. The van der Waals surface area contributed by atoms with Gasteiger partial charge in [-0.15, -0.1) is 0 Å². The molecule has 4 N–H and O–H groups in total. The van der Waals surface area contributed by atoms with Crippen molar-refractivity contribution in [2.45, 2.75) is 30.6 Å². The van der Waals surface area contributed by atoms with Gasteiger partial charge in [0.05, 0.1) is 4.90 Å². The van der Waals surface area contributed by atoms with Crippen molar-refractivity contribution < 1.29 is 22.0 Å². The van der Waals surface area contributed by atoms with E-state index in [1.165, 1.54) is 17.8 Å². The predicted octanol–water partition coefficient (Wildman–Crippen LogP) is 3.08. The number of carbonyl (C=O) groups excluding carboxylic acids is 1. The molecule has 0 radical (unpaired) electrons. The third-order valence-corrected chi connectivity index (χ3v) is 7.39. The Morgan fingerprint density at radius 1 is 1.18 bits per heavy atom. The third kappa shape index (κ3) is 5.04. The maximum Gasteiger partial charge on any atom is 0.266 e. The van der Waals surface area contributed by atoms with E-state index < -0.39 is 38.0 Å². The number of aromatic amines is 1. The molecule has 204 valence electrons. The molecular formula is C24H25F2N9O3S. The summed E-state index contributed by atoms with van der Waals surface area (Å²) in [5, 5.41) is 14.6. The lowest BCUT2D eigenvalue weighted by Gasteiger charge is -2.22. The molecular weight excluding hydrogens is 532 g/mol. The molecule has 1 aromatic carbocycles. The molecule has 5 rings (SSSR count). The van der Waals surface area contributed by atoms with Crippen LogP contribution in [0.5, 0.6) is 0 Å². The number of nitrogens with zero attached hydrogens (tertiary/aromatic N) is 6. The second-order valence-corrected chi connectivity index (χ2v) is 11.5. The number of primary amides is 1. The Balaban J connectivity index is 1.71. The molecule has 0 bridgehead atoms. The molecule has 1 fully saturated rings. The normalized spacial score (nSPS) is 13.5. The quantitative estimate of drug-likeness (QED) is 0.295. The van der Waals surface area contributed by atoms with Gasteiger partial charge < -0.3 is 16.0 Å². The molecule has 0 atom stereocenters. The van der Waals surface area contributed by atoms with Crippen molar-refractivity contribution in [3.8, 4) is 11.4 Å². The molecule has 0 spiro atoms. The lowest BCUT2D eigenvalue weighted by molar-refractivity contribution is 0.0991. The van der Waals surface area contributed by atoms with Crippen LogP contribution in [0.1, 0.15) is 40.5 Å². The molecule has 1 aliphatic rings. The van der Waals surface area contributed by atoms with Crippen molar-refractivity contribution >= 4 is 39.0 Å². The van der Waals surface area contributed by atoms with Crippen LogP contribution < -0.4 is 16.0 Å². The largest absolute Gasteiger partial charge is 0.364 e. The van der Waals surface area contributed by atoms with E-state index >= 15 is 8.78 Å². The van der Waals surface area contributed by atoms with E-state index in [2.05, 4.69) is 30.6 Å². The van der Waals surface area contributed by atoms with E-state index in [0.717, 1.165) is 41.8 Å². The number of nitrogens with two attached hydrogens (primary N) is 1. The first-order valence-electron chi connectivity index (χ1n) is 11.8. The number of hydrogen-bond acceptors (Lipinski definition) is 9. The topological polar surface area (TPSA) is 165 Å². The number of halogens is 2. The van der Waals surface area contributed by atoms with Gasteiger partial charge in [0.25, 0.3) is 5.91 Å². The lowest BCUT2D eigenvalue weighted by Crippen LogP contribution is -2.19. The SMILES string of the molecule is Cc1cc(Nc2nc(N(C)c3c(F)cc(S(C)(=O)=O)cc3F)nc(-c3cc(C(N)=O)n(C)n3)c2C2CC2)n[nH]1. The summed E-state index contributed by atoms with van der Waals surface area (Å²) in [6, 6.07) is 4.74. The van der Waals surface area contributed by atoms with Crippen LogP contribution in [-0.4, -0.2) is 57.6 Å². The number of amides is 1. The van der Waals surface area contributed by atoms with Crippen LogP contribution in [0.4, 0.5) is 32.1 Å². The Morgan fingerprint density at radius 3 is 2.36 bits per heavy atom. The summed E-state index contributed by atoms with van der Waals surface area (Å²) in [6.45, 7) is 1.83. The van der Waals surface area contributed by atoms with Crippen molar-refractivity contribution in [2.75, 3.05) is 23.5 Å². The van der Waals surface area contributed by atoms with E-state index in [9.17, 15) is 13.2 Å². The van der Waals surface area contributed by atoms with Gasteiger partial charge >= 0.3 is 0 Å². The molecule has 12 nitrogen and oxygen atoms in total. The highest BCUT2D eigenvalue weighted by Crippen LogP contribution is 2.48. The molecule has 3 aromatic heterocycles. The number of carbonyl (C=O) groups is 1. The predicted molar refractivity (Wildman–Crippen MR) is 139 cm³/mol. The minimum absolute atomic E-state index is 0.0726. The van der Waals surface area contributed by atoms with Crippen LogP contribution in [0.2, 0.25) is 0 Å². The van der Waals surface area contributed by atoms with Crippen LogP contribution in [0.25, 0.3) is 11.4 Å². The zero-order valence-electron chi connectivity index (χ0n) is 21.5. The minimum Gasteiger partial charge on any atom is -0.364 e. The summed E-state index contributed by atoms with van der Waals surface area (Å²) >= 11 is 0. The highest BCUT2D eigenvalue weighted by Gasteiger charge is 2.34. The first-order chi connectivity index (χ1) is 18.3. The van der Waals surface area contributed by atoms with Gasteiger partial charge in [0.1, 0.15) is 28.6 Å². The second kappa shape index (κ2) is 9.41. The van der Waals surface area contributed by atoms with Gasteiger partial charge in [0.2, 0.25) is 5.95 Å². The number of sulfone groups is 1. The van der Waals surface area contributed by atoms with Gasteiger partial charge in [-0.3, -0.25) is 14.6 Å². The molecule has 1 aliphatic carbocycles. The number of aromatic nitrogens is 6. The van der Waals surface area contributed by atoms with Gasteiger partial charge in [-0.25, -0.2) is 22.2 Å². The zero-order valence-corrected chi connectivity index (χ0v) is 22.3. The summed E-state index contributed by atoms with van der Waals surface area (Å²) in [7, 11) is -0.934. The van der Waals surface area contributed by atoms with Crippen LogP contribution in [0.3, 0.4) is 0 Å². The fourth-order valence-corrected chi connectivity index (χ4v) is 4.89. The standard InChI is InChI=1S/C24H25F2N9O3S/c1-11-7-18(32-31-11)28-23-19(12-5-6-12)20(16-10-17(22(27)36)35(3)33-16)29-24(30-23)34(2)21-14(25)8-13(9-15(21)26)39(4,37)38/h7-10,12H,5-6H2,1-4H3,(H2,27,36)(H2,28,29,30,31,32). The fourth-order valence-electron chi connectivity index (χ4n) is 4.25. The summed E-state index contributed by atoms with van der Waals surface area (Å²) in [5.74, 6) is -2.14. The van der Waals surface area contributed by atoms with Crippen molar-refractivity contribution in [1.29, 1.82) is 0 Å². The molecule has 0 saturated heterocycles. The van der Waals surface area contributed by atoms with Crippen molar-refractivity contribution in [2.24, 2.45) is 12.8 Å². The number of anilines is 4. The number of H-pyrrole nitrogens is 1. The zero-order chi connectivity index (χ0) is 28.2. The van der Waals surface area contributed by atoms with Crippen molar-refractivity contribution in [3.05, 3.63) is 52.9 Å². The maximum absolute atomic E-state index is 15.1. The van der Waals surface area contributed by atoms with Crippen LogP contribution in [-0.2, 0) is 16.9 Å². The van der Waals surface area contributed by atoms with Gasteiger partial charge in [0.15, 0.2) is 27.3 Å². The highest BCUT2D eigenvalue weighted by atomic mass is 32.2. The average molecular weight is 558 g/mol. The molecule has 0 aliphatic heterocycles. The minimum atomic E-state index is -3.85. The fraction of sp³-hybridized carbons (Fsp3) is 0.292. The van der Waals surface area contributed by atoms with Gasteiger partial charge in [-0.1, -0.05) is 0 Å². The van der Waals surface area contributed by atoms with Crippen LogP contribution >= 0.6 is 0 Å². The summed E-state index contributed by atoms with van der Waals surface area (Å²) in [6.07, 6.45) is 2.57. The van der Waals surface area contributed by atoms with Gasteiger partial charge in [0, 0.05) is 37.7 Å². The molecule has 39 heavy (non-hydrogen) atoms. The summed E-state index contributed by atoms with van der Waals surface area (Å²) < 4.78 is 55.3. The smallest absolute Gasteiger partial charge is 0.266 e. The lowest BCUT2D eigenvalue weighted by atomic mass is 10.1. The summed E-state index contributed by atoms with van der Waals surface area (Å²) in [4.78, 5) is 21.7. The second-order valence-electron chi connectivity index (χ2n) is 9.44. The van der Waals surface area contributed by atoms with E-state index in [-0.39, 0.29) is 17.6 Å². The monoisotopic (exact) mass is 557 g/mol. The Morgan fingerprint density at radius 2 is 1.85 bits per heavy atom. The van der Waals surface area contributed by atoms with Crippen molar-refractivity contribution in [3.63, 3.8) is 0 Å². The maximum atomic E-state index is 15.1. The van der Waals surface area contributed by atoms with Gasteiger partial charge in [-0.2, -0.15) is 15.2 Å². The highest BCUT2D eigenvalue weighted by molar-refractivity contribution is 7.90. The number of rotatable bonds is 8. The van der Waals surface area contributed by atoms with E-state index in [1.807, 2.05) is 6.92 Å². The number of aryl methyl sites for hydroxylation is 2. The average Bonchev–Trinajstić information content (AvgIpc) is 3.48. The number of hydrogen-bond donors (Lipinski definition) is 3. The first kappa shape index (κ1) is 26.2. The van der Waals surface area contributed by atoms with Crippen LogP contribution in [0, 0.1) is 18.6 Å². The Hall–Kier alpha value is -4.40. The Bertz CT molecular complexity index is 1710. The van der Waals surface area contributed by atoms with E-state index in [4.69, 9.17) is 5.73 Å². The molecule has 1 saturated carbocycles. The Kier molecular flexibility index (Phi) is 6.33. The van der Waals surface area contributed by atoms with E-state index in [0.29, 0.717) is 28.6 Å². The summed E-state index contributed by atoms with van der Waals surface area (Å²) in [5.41, 5.74) is 7.25. The third-order valence-electron chi connectivity index (χ3n) is 6.30. The van der Waals surface area contributed by atoms with Crippen LogP contribution in [0.15, 0.2) is 29.2 Å². The van der Waals surface area contributed by atoms with Gasteiger partial charge in [-0.05, 0) is 43.9 Å². The molecule has 0 unspecified atom stereocenters. The molecule has 4 aromatic rings. The first-order valence-corrected chi connectivity index (χ1v) is 13.7. The van der Waals surface area contributed by atoms with Crippen molar-refractivity contribution in [1.82, 2.24) is 29.9 Å². The Labute approximate surface area is 222 Å².